The largest absolute Gasteiger partial charge is 1.00 e. The number of fused-ring (bicyclic) bond motifs is 1. The number of ether oxygens (including phenoxy) is 1. The van der Waals surface area contributed by atoms with E-state index in [-0.39, 0.29) is 100 Å². The summed E-state index contributed by atoms with van der Waals surface area (Å²) in [6.07, 6.45) is -3.03. The van der Waals surface area contributed by atoms with Crippen molar-refractivity contribution in [2.45, 2.75) is 24.5 Å². The van der Waals surface area contributed by atoms with E-state index in [1.54, 1.807) is 6.07 Å². The number of phosphoric ester groups is 1. The monoisotopic (exact) mass is 492 g/mol. The number of nitrogens with zero attached hydrogens (tertiary/aromatic N) is 3. The fraction of sp³-hybridized carbons (Fsp3) is 0.455. The molecule has 0 aliphatic carbocycles. The molecule has 1 saturated heterocycles. The van der Waals surface area contributed by atoms with Gasteiger partial charge in [0.25, 0.3) is 7.82 Å². The van der Waals surface area contributed by atoms with Gasteiger partial charge in [0.15, 0.2) is 6.23 Å². The summed E-state index contributed by atoms with van der Waals surface area (Å²) >= 11 is 0. The van der Waals surface area contributed by atoms with Gasteiger partial charge in [-0.15, -0.1) is 0 Å². The van der Waals surface area contributed by atoms with E-state index in [9.17, 15) is 34.0 Å². The third kappa shape index (κ3) is 7.54. The van der Waals surface area contributed by atoms with Crippen LogP contribution in [0.2, 0.25) is 0 Å². The second-order valence-electron chi connectivity index (χ2n) is 5.54. The first-order valence-electron chi connectivity index (χ1n) is 7.26. The van der Waals surface area contributed by atoms with Crippen molar-refractivity contribution < 1.29 is 136 Å². The summed E-state index contributed by atoms with van der Waals surface area (Å²) < 4.78 is 35.9. The summed E-state index contributed by atoms with van der Waals surface area (Å²) in [5, 5.41) is 20.7. The number of rotatable bonds is 6. The molecule has 150 valence electrons. The zero-order valence-corrected chi connectivity index (χ0v) is 24.0. The second kappa shape index (κ2) is 12.3. The molecule has 19 heteroatoms. The fourth-order valence-corrected chi connectivity index (χ4v) is 4.10. The molecule has 1 fully saturated rings. The molecule has 0 saturated carbocycles. The number of hydrogen-bond donors (Lipinski definition) is 3. The molecular formula is C11H13N4Na3O10P2. The van der Waals surface area contributed by atoms with Crippen molar-refractivity contribution in [2.24, 2.45) is 0 Å². The Morgan fingerprint density at radius 1 is 1.17 bits per heavy atom. The summed E-state index contributed by atoms with van der Waals surface area (Å²) in [4.78, 5) is 39.8. The summed E-state index contributed by atoms with van der Waals surface area (Å²) in [5.41, 5.74) is 6.00. The van der Waals surface area contributed by atoms with Crippen molar-refractivity contribution in [1.29, 1.82) is 0 Å². The van der Waals surface area contributed by atoms with Gasteiger partial charge in [-0.05, 0) is 6.07 Å². The fourth-order valence-electron chi connectivity index (χ4n) is 2.60. The van der Waals surface area contributed by atoms with Crippen molar-refractivity contribution in [3.05, 3.63) is 18.6 Å². The van der Waals surface area contributed by atoms with Gasteiger partial charge in [-0.25, -0.2) is 9.97 Å². The van der Waals surface area contributed by atoms with Gasteiger partial charge in [0, 0.05) is 6.20 Å². The molecule has 0 bridgehead atoms. The predicted molar refractivity (Wildman–Crippen MR) is 80.1 cm³/mol. The minimum atomic E-state index is -5.84. The van der Waals surface area contributed by atoms with Gasteiger partial charge in [-0.1, -0.05) is 0 Å². The van der Waals surface area contributed by atoms with Crippen LogP contribution in [0.1, 0.15) is 6.23 Å². The molecule has 3 rings (SSSR count). The van der Waals surface area contributed by atoms with Gasteiger partial charge in [0.05, 0.1) is 19.8 Å². The molecule has 0 spiro atoms. The van der Waals surface area contributed by atoms with E-state index in [0.29, 0.717) is 5.39 Å². The molecular weight excluding hydrogens is 479 g/mol. The van der Waals surface area contributed by atoms with Crippen molar-refractivity contribution >= 4 is 32.5 Å². The van der Waals surface area contributed by atoms with E-state index in [1.807, 2.05) is 0 Å². The summed E-state index contributed by atoms with van der Waals surface area (Å²) in [6, 6.07) is 1.55. The smallest absolute Gasteiger partial charge is 0.790 e. The molecule has 14 nitrogen and oxygen atoms in total. The molecule has 0 radical (unpaired) electrons. The van der Waals surface area contributed by atoms with Gasteiger partial charge < -0.3 is 49.0 Å². The van der Waals surface area contributed by atoms with Gasteiger partial charge in [0.2, 0.25) is 0 Å². The predicted octanol–water partition coefficient (Wildman–Crippen LogP) is -12.0. The first kappa shape index (κ1) is 31.6. The Hall–Kier alpha value is 1.56. The number of aliphatic hydroxyl groups excluding tert-OH is 2. The number of nitrogen functional groups attached to an aromatic ring is 1. The number of phosphoric acid groups is 2. The van der Waals surface area contributed by atoms with Crippen LogP contribution in [-0.4, -0.2) is 49.7 Å². The maximum Gasteiger partial charge on any atom is 1.00 e. The Bertz CT molecular complexity index is 945. The van der Waals surface area contributed by atoms with Crippen LogP contribution in [0.25, 0.3) is 11.0 Å². The normalized spacial score (nSPS) is 25.6. The van der Waals surface area contributed by atoms with Crippen LogP contribution in [-0.2, 0) is 22.7 Å². The molecule has 4 N–H and O–H groups in total. The molecule has 3 heterocycles. The van der Waals surface area contributed by atoms with Crippen molar-refractivity contribution in [3.63, 3.8) is 0 Å². The third-order valence-electron chi connectivity index (χ3n) is 3.75. The number of aromatic nitrogens is 3. The Kier molecular flexibility index (Phi) is 13.0. The van der Waals surface area contributed by atoms with Crippen molar-refractivity contribution in [1.82, 2.24) is 14.5 Å². The topological polar surface area (TPSA) is 228 Å². The van der Waals surface area contributed by atoms with Crippen molar-refractivity contribution in [3.8, 4) is 0 Å². The molecule has 1 unspecified atom stereocenters. The summed E-state index contributed by atoms with van der Waals surface area (Å²) in [6.45, 7) is -0.911. The maximum absolute atomic E-state index is 11.3. The standard InChI is InChI=1S/C11H16N4O10P2.3Na/c12-9-5-1-2-15(10(5)14-4-13-9)11-8(17)7(16)6(24-11)3-23-27(21,22)25-26(18,19)20;;;/h1-2,4,6-8,11,16-17H,3H2,(H,21,22)(H2,12,13,14)(H2,18,19,20);;;/q;3*+1/p-3/t6-,7-,8-,11-;;;/m1.../s1. The van der Waals surface area contributed by atoms with Crippen LogP contribution >= 0.6 is 15.6 Å². The van der Waals surface area contributed by atoms with Crippen LogP contribution in [0.15, 0.2) is 18.6 Å². The zero-order chi connectivity index (χ0) is 20.0. The van der Waals surface area contributed by atoms with E-state index < -0.39 is 46.8 Å². The Labute approximate surface area is 236 Å². The average molecular weight is 492 g/mol. The number of aliphatic hydroxyl groups is 2. The minimum Gasteiger partial charge on any atom is -0.790 e. The quantitative estimate of drug-likeness (QED) is 0.252. The van der Waals surface area contributed by atoms with Crippen molar-refractivity contribution in [2.75, 3.05) is 12.3 Å². The molecule has 0 aromatic carbocycles. The third-order valence-corrected chi connectivity index (χ3v) is 5.81. The van der Waals surface area contributed by atoms with Gasteiger partial charge in [0.1, 0.15) is 36.1 Å². The average Bonchev–Trinajstić information content (AvgIpc) is 3.07. The summed E-state index contributed by atoms with van der Waals surface area (Å²) in [5.74, 6) is 0.177. The SMILES string of the molecule is Nc1ncnc2c1ccn2[C@@H]1O[C@H](COP(=O)([O-])OP(=O)([O-])[O-])[C@@H](O)[C@H]1O.[Na+].[Na+].[Na+]. The van der Waals surface area contributed by atoms with E-state index in [4.69, 9.17) is 10.5 Å². The number of anilines is 1. The first-order valence-corrected chi connectivity index (χ1v) is 10.2. The van der Waals surface area contributed by atoms with E-state index in [2.05, 4.69) is 18.8 Å². The van der Waals surface area contributed by atoms with E-state index in [0.717, 1.165) is 0 Å². The second-order valence-corrected chi connectivity index (χ2v) is 8.24. The number of nitrogens with two attached hydrogens (primary N) is 1. The number of hydrogen-bond acceptors (Lipinski definition) is 13. The van der Waals surface area contributed by atoms with Gasteiger partial charge in [-0.2, -0.15) is 0 Å². The Morgan fingerprint density at radius 2 is 1.80 bits per heavy atom. The van der Waals surface area contributed by atoms with Crippen LogP contribution in [0, 0.1) is 0 Å². The van der Waals surface area contributed by atoms with Crippen LogP contribution in [0.4, 0.5) is 5.82 Å². The molecule has 1 aliphatic heterocycles. The van der Waals surface area contributed by atoms with E-state index >= 15 is 0 Å². The molecule has 30 heavy (non-hydrogen) atoms. The van der Waals surface area contributed by atoms with Gasteiger partial charge in [-0.3, -0.25) is 8.88 Å². The zero-order valence-electron chi connectivity index (χ0n) is 16.2. The maximum atomic E-state index is 11.3. The Morgan fingerprint density at radius 3 is 2.40 bits per heavy atom. The van der Waals surface area contributed by atoms with Gasteiger partial charge >= 0.3 is 88.7 Å². The molecule has 0 amide bonds. The van der Waals surface area contributed by atoms with Crippen LogP contribution in [0.3, 0.4) is 0 Å². The molecule has 5 atom stereocenters. The first-order chi connectivity index (χ1) is 12.5. The summed E-state index contributed by atoms with van der Waals surface area (Å²) in [7, 11) is -11.3. The van der Waals surface area contributed by atoms with Crippen LogP contribution in [0.5, 0.6) is 0 Å². The minimum absolute atomic E-state index is 0. The van der Waals surface area contributed by atoms with Crippen LogP contribution < -0.4 is 109 Å². The molecule has 1 aliphatic rings. The van der Waals surface area contributed by atoms with E-state index in [1.165, 1.54) is 17.1 Å². The Balaban J connectivity index is 0.00000280. The molecule has 2 aromatic heterocycles. The molecule has 2 aromatic rings.